The van der Waals surface area contributed by atoms with Crippen LogP contribution >= 0.6 is 0 Å². The first-order valence-corrected chi connectivity index (χ1v) is 6.35. The monoisotopic (exact) mass is 225 g/mol. The molecule has 1 saturated carbocycles. The maximum atomic E-state index is 12.2. The number of hydrogen-bond donors (Lipinski definition) is 2. The summed E-state index contributed by atoms with van der Waals surface area (Å²) in [6.45, 7) is 0.464. The van der Waals surface area contributed by atoms with Crippen LogP contribution < -0.4 is 5.32 Å². The Morgan fingerprint density at radius 2 is 2.07 bits per heavy atom. The van der Waals surface area contributed by atoms with Gasteiger partial charge >= 0.3 is 0 Å². The molecule has 0 radical (unpaired) electrons. The highest BCUT2D eigenvalue weighted by atomic mass is 32.2. The van der Waals surface area contributed by atoms with E-state index in [0.717, 1.165) is 12.8 Å². The number of hydrogen-bond acceptors (Lipinski definition) is 4. The number of sulfone groups is 1. The number of rotatable bonds is 0. The van der Waals surface area contributed by atoms with Crippen molar-refractivity contribution in [1.29, 1.82) is 0 Å². The quantitative estimate of drug-likeness (QED) is 0.694. The van der Waals surface area contributed by atoms with E-state index in [9.17, 15) is 13.5 Å². The summed E-state index contributed by atoms with van der Waals surface area (Å²) < 4.78 is 23.8. The molecular formula is C10H11NO3S. The molecule has 0 aromatic heterocycles. The zero-order chi connectivity index (χ0) is 10.7. The number of fused-ring (bicyclic) bond motifs is 1. The van der Waals surface area contributed by atoms with Gasteiger partial charge in [0.25, 0.3) is 0 Å². The van der Waals surface area contributed by atoms with Crippen LogP contribution in [0.25, 0.3) is 0 Å². The zero-order valence-electron chi connectivity index (χ0n) is 8.03. The first-order chi connectivity index (χ1) is 7.05. The first-order valence-electron chi connectivity index (χ1n) is 4.87. The van der Waals surface area contributed by atoms with E-state index in [-0.39, 0.29) is 5.75 Å². The molecule has 1 aromatic carbocycles. The smallest absolute Gasteiger partial charge is 0.187 e. The van der Waals surface area contributed by atoms with E-state index < -0.39 is 14.6 Å². The Bertz CT molecular complexity index is 532. The number of anilines is 1. The average molecular weight is 225 g/mol. The Morgan fingerprint density at radius 1 is 1.33 bits per heavy atom. The lowest BCUT2D eigenvalue weighted by Gasteiger charge is -2.26. The molecule has 0 atom stereocenters. The maximum absolute atomic E-state index is 12.2. The summed E-state index contributed by atoms with van der Waals surface area (Å²) in [5.41, 5.74) is 0.521. The van der Waals surface area contributed by atoms with Crippen LogP contribution in [0.15, 0.2) is 23.1 Å². The van der Waals surface area contributed by atoms with E-state index in [4.69, 9.17) is 0 Å². The molecule has 5 heteroatoms. The molecule has 1 aliphatic carbocycles. The molecule has 2 N–H and O–H groups in total. The van der Waals surface area contributed by atoms with Crippen LogP contribution in [0, 0.1) is 0 Å². The fourth-order valence-corrected chi connectivity index (χ4v) is 4.10. The Balaban J connectivity index is 2.24. The normalized spacial score (nSPS) is 24.3. The molecule has 0 amide bonds. The lowest BCUT2D eigenvalue weighted by Crippen LogP contribution is -2.36. The van der Waals surface area contributed by atoms with E-state index in [1.54, 1.807) is 0 Å². The lowest BCUT2D eigenvalue weighted by atomic mass is 10.2. The van der Waals surface area contributed by atoms with Gasteiger partial charge in [-0.2, -0.15) is 0 Å². The third-order valence-electron chi connectivity index (χ3n) is 3.23. The number of nitrogens with one attached hydrogen (secondary N) is 1. The summed E-state index contributed by atoms with van der Waals surface area (Å²) in [5.74, 6) is 0.0863. The van der Waals surface area contributed by atoms with Crippen molar-refractivity contribution in [3.63, 3.8) is 0 Å². The summed E-state index contributed by atoms with van der Waals surface area (Å²) >= 11 is 0. The molecule has 1 fully saturated rings. The number of aromatic hydroxyl groups is 1. The van der Waals surface area contributed by atoms with Gasteiger partial charge in [-0.1, -0.05) is 0 Å². The fourth-order valence-electron chi connectivity index (χ4n) is 2.06. The van der Waals surface area contributed by atoms with E-state index >= 15 is 0 Å². The second-order valence-electron chi connectivity index (χ2n) is 4.22. The molecule has 1 spiro atoms. The van der Waals surface area contributed by atoms with E-state index in [0.29, 0.717) is 17.1 Å². The van der Waals surface area contributed by atoms with Crippen molar-refractivity contribution in [3.8, 4) is 5.75 Å². The second-order valence-corrected chi connectivity index (χ2v) is 6.53. The molecular weight excluding hydrogens is 214 g/mol. The summed E-state index contributed by atoms with van der Waals surface area (Å²) in [6.07, 6.45) is 1.48. The molecule has 80 valence electrons. The van der Waals surface area contributed by atoms with Crippen molar-refractivity contribution >= 4 is 15.5 Å². The minimum atomic E-state index is -3.20. The van der Waals surface area contributed by atoms with Crippen LogP contribution in [0.5, 0.6) is 5.75 Å². The highest BCUT2D eigenvalue weighted by Crippen LogP contribution is 2.51. The molecule has 3 rings (SSSR count). The van der Waals surface area contributed by atoms with Crippen molar-refractivity contribution in [2.75, 3.05) is 11.9 Å². The summed E-state index contributed by atoms with van der Waals surface area (Å²) in [4.78, 5) is 0.323. The van der Waals surface area contributed by atoms with Crippen LogP contribution in [-0.4, -0.2) is 24.8 Å². The Labute approximate surface area is 87.8 Å². The van der Waals surface area contributed by atoms with Gasteiger partial charge in [0.1, 0.15) is 5.75 Å². The van der Waals surface area contributed by atoms with Gasteiger partial charge in [-0.15, -0.1) is 0 Å². The molecule has 1 heterocycles. The molecule has 2 aliphatic rings. The largest absolute Gasteiger partial charge is 0.508 e. The SMILES string of the molecule is O=S1(=O)c2ccc(O)cc2NCC12CC2. The molecule has 1 aliphatic heterocycles. The molecule has 15 heavy (non-hydrogen) atoms. The standard InChI is InChI=1S/C10H11NO3S/c12-7-1-2-9-8(5-7)11-6-10(3-4-10)15(9,13)14/h1-2,5,11-12H,3-4,6H2. The Morgan fingerprint density at radius 3 is 2.73 bits per heavy atom. The highest BCUT2D eigenvalue weighted by molar-refractivity contribution is 7.93. The minimum absolute atomic E-state index is 0.0863. The number of benzene rings is 1. The third-order valence-corrected chi connectivity index (χ3v) is 5.86. The molecule has 0 unspecified atom stereocenters. The van der Waals surface area contributed by atoms with E-state index in [2.05, 4.69) is 5.32 Å². The summed E-state index contributed by atoms with van der Waals surface area (Å²) in [7, 11) is -3.20. The Hall–Kier alpha value is -1.23. The Kier molecular flexibility index (Phi) is 1.49. The zero-order valence-corrected chi connectivity index (χ0v) is 8.84. The van der Waals surface area contributed by atoms with Crippen molar-refractivity contribution in [2.45, 2.75) is 22.5 Å². The summed E-state index contributed by atoms with van der Waals surface area (Å²) in [5, 5.41) is 12.3. The van der Waals surface area contributed by atoms with Gasteiger partial charge in [0.05, 0.1) is 15.3 Å². The number of phenolic OH excluding ortho intramolecular Hbond substituents is 1. The van der Waals surface area contributed by atoms with Crippen LogP contribution in [0.4, 0.5) is 5.69 Å². The van der Waals surface area contributed by atoms with Crippen molar-refractivity contribution < 1.29 is 13.5 Å². The molecule has 1 aromatic rings. The van der Waals surface area contributed by atoms with Crippen molar-refractivity contribution in [1.82, 2.24) is 0 Å². The van der Waals surface area contributed by atoms with Crippen LogP contribution in [0.1, 0.15) is 12.8 Å². The van der Waals surface area contributed by atoms with Crippen molar-refractivity contribution in [3.05, 3.63) is 18.2 Å². The highest BCUT2D eigenvalue weighted by Gasteiger charge is 2.57. The molecule has 0 saturated heterocycles. The number of phenols is 1. The summed E-state index contributed by atoms with van der Waals surface area (Å²) in [6, 6.07) is 4.35. The van der Waals surface area contributed by atoms with Gasteiger partial charge in [-0.05, 0) is 25.0 Å². The maximum Gasteiger partial charge on any atom is 0.187 e. The second kappa shape index (κ2) is 2.47. The third kappa shape index (κ3) is 1.04. The predicted octanol–water partition coefficient (Wildman–Crippen LogP) is 1.12. The molecule has 4 nitrogen and oxygen atoms in total. The van der Waals surface area contributed by atoms with E-state index in [1.807, 2.05) is 0 Å². The van der Waals surface area contributed by atoms with Crippen LogP contribution in [0.2, 0.25) is 0 Å². The van der Waals surface area contributed by atoms with Gasteiger partial charge in [-0.25, -0.2) is 8.42 Å². The molecule has 0 bridgehead atoms. The van der Waals surface area contributed by atoms with Gasteiger partial charge < -0.3 is 10.4 Å². The van der Waals surface area contributed by atoms with Crippen molar-refractivity contribution in [2.24, 2.45) is 0 Å². The van der Waals surface area contributed by atoms with Gasteiger partial charge in [0.2, 0.25) is 0 Å². The van der Waals surface area contributed by atoms with Gasteiger partial charge in [0, 0.05) is 12.6 Å². The predicted molar refractivity (Wildman–Crippen MR) is 55.7 cm³/mol. The average Bonchev–Trinajstić information content (AvgIpc) is 2.94. The van der Waals surface area contributed by atoms with Gasteiger partial charge in [0.15, 0.2) is 9.84 Å². The lowest BCUT2D eigenvalue weighted by molar-refractivity contribution is 0.475. The fraction of sp³-hybridized carbons (Fsp3) is 0.400. The first kappa shape index (κ1) is 9.03. The topological polar surface area (TPSA) is 66.4 Å². The van der Waals surface area contributed by atoms with Gasteiger partial charge in [-0.3, -0.25) is 0 Å². The van der Waals surface area contributed by atoms with E-state index in [1.165, 1.54) is 18.2 Å². The minimum Gasteiger partial charge on any atom is -0.508 e. The van der Waals surface area contributed by atoms with Crippen LogP contribution in [-0.2, 0) is 9.84 Å². The van der Waals surface area contributed by atoms with Crippen LogP contribution in [0.3, 0.4) is 0 Å².